The number of hydrogen-bond donors (Lipinski definition) is 0. The highest BCUT2D eigenvalue weighted by atomic mass is 35.5. The molecule has 2 aromatic rings. The van der Waals surface area contributed by atoms with E-state index in [0.29, 0.717) is 31.3 Å². The van der Waals surface area contributed by atoms with E-state index in [1.807, 2.05) is 18.2 Å². The summed E-state index contributed by atoms with van der Waals surface area (Å²) in [6.07, 6.45) is 2.93. The average Bonchev–Trinajstić information content (AvgIpc) is 3.23. The van der Waals surface area contributed by atoms with Gasteiger partial charge in [0.05, 0.1) is 12.4 Å². The van der Waals surface area contributed by atoms with Gasteiger partial charge in [-0.3, -0.25) is 0 Å². The van der Waals surface area contributed by atoms with Gasteiger partial charge in [0.25, 0.3) is 10.0 Å². The van der Waals surface area contributed by atoms with E-state index >= 15 is 0 Å². The Morgan fingerprint density at radius 1 is 1.24 bits per heavy atom. The first kappa shape index (κ1) is 16.7. The number of aromatic nitrogens is 2. The Labute approximate surface area is 151 Å². The van der Waals surface area contributed by atoms with E-state index in [-0.39, 0.29) is 16.2 Å². The van der Waals surface area contributed by atoms with Crippen molar-refractivity contribution in [2.24, 2.45) is 7.05 Å². The van der Waals surface area contributed by atoms with Gasteiger partial charge >= 0.3 is 0 Å². The van der Waals surface area contributed by atoms with Crippen LogP contribution in [0.25, 0.3) is 0 Å². The Morgan fingerprint density at radius 2 is 2.00 bits per heavy atom. The third-order valence-corrected chi connectivity index (χ3v) is 6.94. The molecule has 7 nitrogen and oxygen atoms in total. The lowest BCUT2D eigenvalue weighted by molar-refractivity contribution is 0.171. The fraction of sp³-hybridized carbons (Fsp3) is 0.438. The molecule has 1 fully saturated rings. The van der Waals surface area contributed by atoms with Crippen molar-refractivity contribution in [1.29, 1.82) is 0 Å². The highest BCUT2D eigenvalue weighted by Gasteiger charge is 2.39. The van der Waals surface area contributed by atoms with Crippen LogP contribution in [-0.2, 0) is 17.1 Å². The van der Waals surface area contributed by atoms with E-state index in [1.165, 1.54) is 15.2 Å². The summed E-state index contributed by atoms with van der Waals surface area (Å²) < 4.78 is 40.2. The second-order valence-corrected chi connectivity index (χ2v) is 8.29. The molecular formula is C16H18ClN3O4S. The summed E-state index contributed by atoms with van der Waals surface area (Å²) in [7, 11) is -2.11. The number of fused-ring (bicyclic) bond motifs is 1. The maximum atomic E-state index is 13.1. The number of aryl methyl sites for hydroxylation is 1. The first-order valence-corrected chi connectivity index (χ1v) is 9.88. The van der Waals surface area contributed by atoms with E-state index in [0.717, 1.165) is 18.4 Å². The minimum atomic E-state index is -3.77. The lowest BCUT2D eigenvalue weighted by atomic mass is 10.0. The van der Waals surface area contributed by atoms with Gasteiger partial charge in [-0.25, -0.2) is 13.4 Å². The van der Waals surface area contributed by atoms with Crippen LogP contribution in [0.3, 0.4) is 0 Å². The van der Waals surface area contributed by atoms with Crippen LogP contribution in [0.4, 0.5) is 0 Å². The number of benzene rings is 1. The summed E-state index contributed by atoms with van der Waals surface area (Å²) in [5.74, 6) is 1.35. The van der Waals surface area contributed by atoms with Crippen molar-refractivity contribution >= 4 is 21.6 Å². The lowest BCUT2D eigenvalue weighted by Crippen LogP contribution is -2.31. The molecule has 0 saturated carbocycles. The quantitative estimate of drug-likeness (QED) is 0.813. The maximum Gasteiger partial charge on any atom is 0.264 e. The highest BCUT2D eigenvalue weighted by Crippen LogP contribution is 2.41. The zero-order valence-electron chi connectivity index (χ0n) is 13.7. The molecule has 0 aliphatic carbocycles. The number of rotatable bonds is 3. The van der Waals surface area contributed by atoms with Crippen LogP contribution < -0.4 is 9.47 Å². The third kappa shape index (κ3) is 2.78. The van der Waals surface area contributed by atoms with Crippen LogP contribution in [-0.4, -0.2) is 42.0 Å². The Morgan fingerprint density at radius 3 is 2.72 bits per heavy atom. The van der Waals surface area contributed by atoms with Crippen LogP contribution in [0.1, 0.15) is 24.4 Å². The van der Waals surface area contributed by atoms with Gasteiger partial charge in [-0.1, -0.05) is 17.7 Å². The molecule has 2 aliphatic heterocycles. The summed E-state index contributed by atoms with van der Waals surface area (Å²) in [6, 6.07) is 5.33. The van der Waals surface area contributed by atoms with E-state index in [2.05, 4.69) is 4.98 Å². The molecule has 1 atom stereocenters. The largest absolute Gasteiger partial charge is 0.486 e. The topological polar surface area (TPSA) is 73.7 Å². The lowest BCUT2D eigenvalue weighted by Gasteiger charge is -2.25. The normalized spacial score (nSPS) is 20.8. The molecule has 134 valence electrons. The van der Waals surface area contributed by atoms with Crippen LogP contribution >= 0.6 is 11.6 Å². The predicted octanol–water partition coefficient (Wildman–Crippen LogP) is 2.37. The van der Waals surface area contributed by atoms with Crippen molar-refractivity contribution in [3.8, 4) is 11.5 Å². The molecule has 0 N–H and O–H groups in total. The molecule has 4 rings (SSSR count). The number of ether oxygens (including phenoxy) is 2. The van der Waals surface area contributed by atoms with Gasteiger partial charge in [-0.15, -0.1) is 0 Å². The molecule has 3 heterocycles. The Hall–Kier alpha value is -1.77. The van der Waals surface area contributed by atoms with Gasteiger partial charge in [-0.2, -0.15) is 4.31 Å². The summed E-state index contributed by atoms with van der Waals surface area (Å²) in [6.45, 7) is 1.45. The van der Waals surface area contributed by atoms with Crippen molar-refractivity contribution in [2.75, 3.05) is 19.8 Å². The fourth-order valence-electron chi connectivity index (χ4n) is 3.31. The molecule has 9 heteroatoms. The number of nitrogens with zero attached hydrogens (tertiary/aromatic N) is 3. The first-order chi connectivity index (χ1) is 12.0. The molecule has 0 bridgehead atoms. The van der Waals surface area contributed by atoms with Crippen molar-refractivity contribution in [1.82, 2.24) is 13.9 Å². The molecular weight excluding hydrogens is 366 g/mol. The summed E-state index contributed by atoms with van der Waals surface area (Å²) in [4.78, 5) is 3.99. The molecule has 1 aromatic carbocycles. The van der Waals surface area contributed by atoms with Crippen LogP contribution in [0.5, 0.6) is 11.5 Å². The predicted molar refractivity (Wildman–Crippen MR) is 91.5 cm³/mol. The Kier molecular flexibility index (Phi) is 4.13. The molecule has 0 radical (unpaired) electrons. The van der Waals surface area contributed by atoms with E-state index in [4.69, 9.17) is 21.1 Å². The summed E-state index contributed by atoms with van der Waals surface area (Å²) in [5, 5.41) is 0.0222. The van der Waals surface area contributed by atoms with E-state index in [9.17, 15) is 8.42 Å². The molecule has 0 spiro atoms. The monoisotopic (exact) mass is 383 g/mol. The molecule has 1 aromatic heterocycles. The second-order valence-electron chi connectivity index (χ2n) is 6.13. The standard InChI is InChI=1S/C16H18ClN3O4S/c1-19-10-18-16(15(19)17)25(21,22)20-6-2-3-12(20)11-4-5-13-14(9-11)24-8-7-23-13/h4-5,9-10,12H,2-3,6-8H2,1H3. The first-order valence-electron chi connectivity index (χ1n) is 8.06. The van der Waals surface area contributed by atoms with Gasteiger partial charge in [-0.05, 0) is 30.5 Å². The maximum absolute atomic E-state index is 13.1. The fourth-order valence-corrected chi connectivity index (χ4v) is 5.38. The molecule has 0 amide bonds. The van der Waals surface area contributed by atoms with Crippen molar-refractivity contribution < 1.29 is 17.9 Å². The van der Waals surface area contributed by atoms with Gasteiger partial charge in [0.15, 0.2) is 11.5 Å². The van der Waals surface area contributed by atoms with Crippen LogP contribution in [0.15, 0.2) is 29.6 Å². The Balaban J connectivity index is 1.70. The SMILES string of the molecule is Cn1cnc(S(=O)(=O)N2CCCC2c2ccc3c(c2)OCCO3)c1Cl. The minimum absolute atomic E-state index is 0.0962. The number of halogens is 1. The van der Waals surface area contributed by atoms with Crippen LogP contribution in [0, 0.1) is 0 Å². The number of imidazole rings is 1. The number of hydrogen-bond acceptors (Lipinski definition) is 5. The van der Waals surface area contributed by atoms with Gasteiger partial charge in [0.2, 0.25) is 5.03 Å². The van der Waals surface area contributed by atoms with Gasteiger partial charge < -0.3 is 14.0 Å². The van der Waals surface area contributed by atoms with Crippen molar-refractivity contribution in [3.63, 3.8) is 0 Å². The zero-order chi connectivity index (χ0) is 17.6. The van der Waals surface area contributed by atoms with Crippen LogP contribution in [0.2, 0.25) is 5.15 Å². The summed E-state index contributed by atoms with van der Waals surface area (Å²) in [5.41, 5.74) is 0.886. The van der Waals surface area contributed by atoms with Gasteiger partial charge in [0, 0.05) is 13.6 Å². The van der Waals surface area contributed by atoms with E-state index in [1.54, 1.807) is 7.05 Å². The highest BCUT2D eigenvalue weighted by molar-refractivity contribution is 7.89. The van der Waals surface area contributed by atoms with Crippen molar-refractivity contribution in [2.45, 2.75) is 23.9 Å². The zero-order valence-corrected chi connectivity index (χ0v) is 15.3. The summed E-state index contributed by atoms with van der Waals surface area (Å²) >= 11 is 6.12. The molecule has 1 saturated heterocycles. The number of sulfonamides is 1. The van der Waals surface area contributed by atoms with Gasteiger partial charge in [0.1, 0.15) is 18.4 Å². The van der Waals surface area contributed by atoms with E-state index < -0.39 is 10.0 Å². The average molecular weight is 384 g/mol. The smallest absolute Gasteiger partial charge is 0.264 e. The van der Waals surface area contributed by atoms with Crippen molar-refractivity contribution in [3.05, 3.63) is 35.2 Å². The molecule has 1 unspecified atom stereocenters. The third-order valence-electron chi connectivity index (χ3n) is 4.54. The Bertz CT molecular complexity index is 912. The molecule has 2 aliphatic rings. The molecule has 25 heavy (non-hydrogen) atoms. The second kappa shape index (κ2) is 6.19. The minimum Gasteiger partial charge on any atom is -0.486 e.